The Morgan fingerprint density at radius 2 is 2.00 bits per heavy atom. The van der Waals surface area contributed by atoms with Gasteiger partial charge in [0.15, 0.2) is 23.4 Å². The molecule has 29 heavy (non-hydrogen) atoms. The third-order valence-electron chi connectivity index (χ3n) is 6.49. The molecular weight excluding hydrogens is 382 g/mol. The van der Waals surface area contributed by atoms with Gasteiger partial charge in [-0.05, 0) is 32.5 Å². The maximum atomic E-state index is 12.6. The summed E-state index contributed by atoms with van der Waals surface area (Å²) < 4.78 is 11.6. The molecule has 2 aliphatic carbocycles. The van der Waals surface area contributed by atoms with Crippen LogP contribution < -0.4 is 9.47 Å². The molecule has 2 aliphatic heterocycles. The lowest BCUT2D eigenvalue weighted by molar-refractivity contribution is -0.159. The first-order valence-corrected chi connectivity index (χ1v) is 9.20. The summed E-state index contributed by atoms with van der Waals surface area (Å²) in [5, 5.41) is 25.3. The third kappa shape index (κ3) is 2.53. The Balaban J connectivity index is 0.000000302. The topological polar surface area (TPSA) is 134 Å². The fraction of sp³-hybridized carbons (Fsp3) is 0.450. The summed E-state index contributed by atoms with van der Waals surface area (Å²) in [4.78, 5) is 33.1. The molecule has 0 aromatic heterocycles. The molecule has 5 rings (SSSR count). The Morgan fingerprint density at radius 3 is 2.62 bits per heavy atom. The fourth-order valence-electron chi connectivity index (χ4n) is 5.29. The number of carboxylic acid groups (broad SMARTS) is 2. The molecule has 9 heteroatoms. The summed E-state index contributed by atoms with van der Waals surface area (Å²) >= 11 is 0. The minimum absolute atomic E-state index is 0.0233. The number of hydrogen-bond acceptors (Lipinski definition) is 7. The van der Waals surface area contributed by atoms with Gasteiger partial charge in [0.2, 0.25) is 0 Å². The maximum absolute atomic E-state index is 12.6. The van der Waals surface area contributed by atoms with Gasteiger partial charge in [0, 0.05) is 29.2 Å². The van der Waals surface area contributed by atoms with Gasteiger partial charge in [-0.2, -0.15) is 0 Å². The summed E-state index contributed by atoms with van der Waals surface area (Å²) in [5.74, 6) is -1.95. The number of phenols is 1. The Kier molecular flexibility index (Phi) is 4.30. The number of aromatic hydroxyl groups is 1. The van der Waals surface area contributed by atoms with Crippen LogP contribution in [0.3, 0.4) is 0 Å². The van der Waals surface area contributed by atoms with Gasteiger partial charge < -0.3 is 29.7 Å². The number of ether oxygens (including phenoxy) is 2. The standard InChI is InChI=1S/C18H19NO4.C2H2O4/c1-19-6-5-18-10-3-4-12(20)17(18)23-16-14(22-2)8-13(21)9(15(16)18)7-11(10)19;3-1(4)2(5)6/h3-4,8,10-11,17,21H,5-7H2,1-2H3;(H,3,4)(H,5,6)/t10-,11+,17-,18-;/m0./s1. The minimum Gasteiger partial charge on any atom is -0.508 e. The fourth-order valence-corrected chi connectivity index (χ4v) is 5.29. The number of nitrogens with zero attached hydrogens (tertiary/aromatic N) is 1. The normalized spacial score (nSPS) is 30.6. The highest BCUT2D eigenvalue weighted by molar-refractivity contribution is 6.27. The van der Waals surface area contributed by atoms with Gasteiger partial charge in [-0.15, -0.1) is 0 Å². The lowest BCUT2D eigenvalue weighted by Crippen LogP contribution is -2.64. The van der Waals surface area contributed by atoms with E-state index >= 15 is 0 Å². The monoisotopic (exact) mass is 403 g/mol. The van der Waals surface area contributed by atoms with Crippen LogP contribution in [-0.2, 0) is 26.2 Å². The molecule has 0 saturated carbocycles. The number of benzene rings is 1. The number of carbonyl (C=O) groups excluding carboxylic acids is 1. The van der Waals surface area contributed by atoms with Gasteiger partial charge in [0.05, 0.1) is 12.5 Å². The first-order chi connectivity index (χ1) is 13.7. The zero-order chi connectivity index (χ0) is 21.1. The van der Waals surface area contributed by atoms with Crippen molar-refractivity contribution in [2.24, 2.45) is 5.92 Å². The second-order valence-electron chi connectivity index (χ2n) is 7.72. The smallest absolute Gasteiger partial charge is 0.414 e. The van der Waals surface area contributed by atoms with Crippen molar-refractivity contribution in [3.05, 3.63) is 29.3 Å². The highest BCUT2D eigenvalue weighted by Crippen LogP contribution is 2.63. The first kappa shape index (κ1) is 19.3. The van der Waals surface area contributed by atoms with E-state index in [-0.39, 0.29) is 28.9 Å². The van der Waals surface area contributed by atoms with Crippen LogP contribution in [0.15, 0.2) is 18.2 Å². The number of rotatable bonds is 1. The second kappa shape index (κ2) is 6.48. The van der Waals surface area contributed by atoms with Crippen molar-refractivity contribution >= 4 is 17.7 Å². The zero-order valence-corrected chi connectivity index (χ0v) is 15.9. The van der Waals surface area contributed by atoms with Crippen molar-refractivity contribution in [3.8, 4) is 17.2 Å². The van der Waals surface area contributed by atoms with Crippen LogP contribution in [0, 0.1) is 5.92 Å². The van der Waals surface area contributed by atoms with Crippen molar-refractivity contribution in [2.45, 2.75) is 30.4 Å². The van der Waals surface area contributed by atoms with Crippen LogP contribution >= 0.6 is 0 Å². The molecule has 1 spiro atoms. The van der Waals surface area contributed by atoms with Crippen LogP contribution in [0.4, 0.5) is 0 Å². The number of phenolic OH excluding ortho intramolecular Hbond substituents is 1. The Morgan fingerprint density at radius 1 is 1.31 bits per heavy atom. The molecule has 154 valence electrons. The van der Waals surface area contributed by atoms with Crippen LogP contribution in [0.2, 0.25) is 0 Å². The van der Waals surface area contributed by atoms with Gasteiger partial charge in [0.1, 0.15) is 5.75 Å². The predicted octanol–water partition coefficient (Wildman–Crippen LogP) is 0.570. The first-order valence-electron chi connectivity index (χ1n) is 9.20. The molecule has 1 fully saturated rings. The van der Waals surface area contributed by atoms with E-state index in [9.17, 15) is 9.90 Å². The number of carboxylic acids is 2. The largest absolute Gasteiger partial charge is 0.508 e. The summed E-state index contributed by atoms with van der Waals surface area (Å²) in [7, 11) is 3.69. The third-order valence-corrected chi connectivity index (χ3v) is 6.49. The van der Waals surface area contributed by atoms with E-state index in [1.165, 1.54) is 0 Å². The Labute approximate surface area is 166 Å². The van der Waals surface area contributed by atoms with Crippen LogP contribution in [0.1, 0.15) is 17.5 Å². The molecular formula is C20H21NO8. The SMILES string of the molecule is COc1cc(O)c2c3c1O[C@H]1C(=O)C=C[C@H]4[C@@H](C2)N(C)CC[C@]314.O=C(O)C(=O)O. The highest BCUT2D eigenvalue weighted by Gasteiger charge is 2.65. The molecule has 0 amide bonds. The van der Waals surface area contributed by atoms with E-state index < -0.39 is 18.0 Å². The van der Waals surface area contributed by atoms with Crippen molar-refractivity contribution < 1.29 is 39.2 Å². The van der Waals surface area contributed by atoms with Gasteiger partial charge in [-0.1, -0.05) is 6.08 Å². The van der Waals surface area contributed by atoms with E-state index in [0.29, 0.717) is 11.5 Å². The summed E-state index contributed by atoms with van der Waals surface area (Å²) in [6.07, 6.45) is 4.90. The zero-order valence-electron chi connectivity index (χ0n) is 15.9. The molecule has 3 N–H and O–H groups in total. The van der Waals surface area contributed by atoms with Crippen LogP contribution in [-0.4, -0.2) is 70.8 Å². The molecule has 0 unspecified atom stereocenters. The van der Waals surface area contributed by atoms with Crippen LogP contribution in [0.25, 0.3) is 0 Å². The molecule has 9 nitrogen and oxygen atoms in total. The number of piperidine rings is 1. The number of ketones is 1. The summed E-state index contributed by atoms with van der Waals surface area (Å²) in [6, 6.07) is 1.91. The number of hydrogen-bond donors (Lipinski definition) is 3. The molecule has 2 heterocycles. The Hall–Kier alpha value is -3.07. The van der Waals surface area contributed by atoms with Gasteiger partial charge in [-0.25, -0.2) is 9.59 Å². The van der Waals surface area contributed by atoms with E-state index in [0.717, 1.165) is 30.5 Å². The molecule has 1 saturated heterocycles. The van der Waals surface area contributed by atoms with Gasteiger partial charge in [0.25, 0.3) is 0 Å². The van der Waals surface area contributed by atoms with E-state index in [4.69, 9.17) is 29.3 Å². The quantitative estimate of drug-likeness (QED) is 0.575. The van der Waals surface area contributed by atoms with Crippen molar-refractivity contribution in [3.63, 3.8) is 0 Å². The molecule has 2 bridgehead atoms. The molecule has 4 atom stereocenters. The van der Waals surface area contributed by atoms with E-state index in [2.05, 4.69) is 18.0 Å². The highest BCUT2D eigenvalue weighted by atomic mass is 16.5. The van der Waals surface area contributed by atoms with Crippen LogP contribution in [0.5, 0.6) is 17.2 Å². The molecule has 1 aromatic rings. The lowest BCUT2D eigenvalue weighted by Gasteiger charge is -2.55. The number of methoxy groups -OCH3 is 1. The maximum Gasteiger partial charge on any atom is 0.414 e. The van der Waals surface area contributed by atoms with Gasteiger partial charge >= 0.3 is 11.9 Å². The predicted molar refractivity (Wildman–Crippen MR) is 98.4 cm³/mol. The van der Waals surface area contributed by atoms with E-state index in [1.54, 1.807) is 19.3 Å². The summed E-state index contributed by atoms with van der Waals surface area (Å²) in [6.45, 7) is 0.930. The van der Waals surface area contributed by atoms with Crippen molar-refractivity contribution in [1.29, 1.82) is 0 Å². The average molecular weight is 403 g/mol. The molecule has 0 radical (unpaired) electrons. The second-order valence-corrected chi connectivity index (χ2v) is 7.72. The molecule has 4 aliphatic rings. The van der Waals surface area contributed by atoms with E-state index in [1.807, 2.05) is 0 Å². The molecule has 1 aromatic carbocycles. The van der Waals surface area contributed by atoms with Crippen molar-refractivity contribution in [2.75, 3.05) is 20.7 Å². The minimum atomic E-state index is -1.82. The lowest BCUT2D eigenvalue weighted by atomic mass is 9.53. The Bertz CT molecular complexity index is 942. The number of likely N-dealkylation sites (N-methyl/N-ethyl adjacent to an activating group) is 1. The summed E-state index contributed by atoms with van der Waals surface area (Å²) in [5.41, 5.74) is 1.60. The number of aliphatic carboxylic acids is 2. The average Bonchev–Trinajstić information content (AvgIpc) is 3.03. The van der Waals surface area contributed by atoms with Crippen molar-refractivity contribution in [1.82, 2.24) is 4.90 Å². The number of likely N-dealkylation sites (tertiary alicyclic amines) is 1. The number of carbonyl (C=O) groups is 3. The van der Waals surface area contributed by atoms with Gasteiger partial charge in [-0.3, -0.25) is 4.79 Å².